The van der Waals surface area contributed by atoms with Crippen molar-refractivity contribution < 1.29 is 9.90 Å². The summed E-state index contributed by atoms with van der Waals surface area (Å²) in [6, 6.07) is 2.05. The minimum absolute atomic E-state index is 0.211. The maximum Gasteiger partial charge on any atom is 0.303 e. The summed E-state index contributed by atoms with van der Waals surface area (Å²) in [5.41, 5.74) is 1.05. The van der Waals surface area contributed by atoms with Crippen LogP contribution in [-0.4, -0.2) is 34.1 Å². The van der Waals surface area contributed by atoms with Crippen LogP contribution in [0.4, 0.5) is 5.82 Å². The van der Waals surface area contributed by atoms with Crippen molar-refractivity contribution in [1.82, 2.24) is 9.97 Å². The Kier molecular flexibility index (Phi) is 4.93. The number of aromatic nitrogens is 2. The van der Waals surface area contributed by atoms with Crippen LogP contribution in [0.15, 0.2) is 12.4 Å². The Morgan fingerprint density at radius 2 is 2.35 bits per heavy atom. The summed E-state index contributed by atoms with van der Waals surface area (Å²) in [7, 11) is 0. The number of hydrogen-bond donors (Lipinski definition) is 1. The zero-order valence-electron chi connectivity index (χ0n) is 12.2. The van der Waals surface area contributed by atoms with Gasteiger partial charge in [-0.1, -0.05) is 13.8 Å². The minimum atomic E-state index is -0.704. The molecule has 2 atom stereocenters. The molecule has 1 aromatic rings. The fourth-order valence-electron chi connectivity index (χ4n) is 2.88. The smallest absolute Gasteiger partial charge is 0.303 e. The lowest BCUT2D eigenvalue weighted by atomic mass is 9.84. The van der Waals surface area contributed by atoms with Crippen molar-refractivity contribution in [1.29, 1.82) is 0 Å². The van der Waals surface area contributed by atoms with Gasteiger partial charge in [-0.3, -0.25) is 4.79 Å². The highest BCUT2D eigenvalue weighted by Gasteiger charge is 2.26. The third kappa shape index (κ3) is 3.68. The molecule has 1 aliphatic heterocycles. The van der Waals surface area contributed by atoms with Gasteiger partial charge < -0.3 is 10.0 Å². The van der Waals surface area contributed by atoms with Crippen LogP contribution in [0.1, 0.15) is 38.8 Å². The Hall–Kier alpha value is -1.65. The molecule has 5 heteroatoms. The Morgan fingerprint density at radius 3 is 3.05 bits per heavy atom. The molecule has 0 amide bonds. The molecule has 1 saturated heterocycles. The summed E-state index contributed by atoms with van der Waals surface area (Å²) in [6.45, 7) is 6.02. The van der Waals surface area contributed by atoms with E-state index in [0.717, 1.165) is 43.9 Å². The molecule has 110 valence electrons. The summed E-state index contributed by atoms with van der Waals surface area (Å²) in [6.07, 6.45) is 4.99. The molecule has 0 spiro atoms. The number of nitrogens with zero attached hydrogens (tertiary/aromatic N) is 3. The van der Waals surface area contributed by atoms with E-state index in [-0.39, 0.29) is 12.3 Å². The molecule has 1 N–H and O–H groups in total. The van der Waals surface area contributed by atoms with Crippen LogP contribution >= 0.6 is 0 Å². The Labute approximate surface area is 120 Å². The van der Waals surface area contributed by atoms with Crippen molar-refractivity contribution in [2.24, 2.45) is 11.8 Å². The number of anilines is 1. The van der Waals surface area contributed by atoms with Gasteiger partial charge in [0.1, 0.15) is 12.1 Å². The van der Waals surface area contributed by atoms with Crippen LogP contribution in [0.2, 0.25) is 0 Å². The molecule has 1 aromatic heterocycles. The van der Waals surface area contributed by atoms with Crippen molar-refractivity contribution in [3.63, 3.8) is 0 Å². The highest BCUT2D eigenvalue weighted by Crippen LogP contribution is 2.28. The number of aryl methyl sites for hydroxylation is 1. The molecule has 0 bridgehead atoms. The first kappa shape index (κ1) is 14.8. The molecule has 2 rings (SSSR count). The van der Waals surface area contributed by atoms with Crippen LogP contribution < -0.4 is 4.90 Å². The quantitative estimate of drug-likeness (QED) is 0.895. The van der Waals surface area contributed by atoms with Crippen molar-refractivity contribution in [3.05, 3.63) is 18.1 Å². The Bertz CT molecular complexity index is 464. The standard InChI is InChI=1S/C15H23N3O2/c1-3-13-8-14(17-10-16-13)18-6-4-5-12(9-18)11(2)7-15(19)20/h8,10-12H,3-7,9H2,1-2H3,(H,19,20). The molecule has 2 unspecified atom stereocenters. The van der Waals surface area contributed by atoms with E-state index < -0.39 is 5.97 Å². The molecular formula is C15H23N3O2. The Morgan fingerprint density at radius 1 is 1.55 bits per heavy atom. The fraction of sp³-hybridized carbons (Fsp3) is 0.667. The normalized spacial score (nSPS) is 20.7. The molecule has 0 radical (unpaired) electrons. The van der Waals surface area contributed by atoms with Crippen LogP contribution in [0, 0.1) is 11.8 Å². The van der Waals surface area contributed by atoms with Gasteiger partial charge >= 0.3 is 5.97 Å². The van der Waals surface area contributed by atoms with Crippen LogP contribution in [-0.2, 0) is 11.2 Å². The van der Waals surface area contributed by atoms with Gasteiger partial charge in [0.15, 0.2) is 0 Å². The average Bonchev–Trinajstić information content (AvgIpc) is 2.47. The number of aliphatic carboxylic acids is 1. The third-order valence-corrected chi connectivity index (χ3v) is 4.15. The number of rotatable bonds is 5. The summed E-state index contributed by atoms with van der Waals surface area (Å²) < 4.78 is 0. The molecule has 0 aliphatic carbocycles. The number of carboxylic acids is 1. The number of carboxylic acid groups (broad SMARTS) is 1. The van der Waals surface area contributed by atoms with E-state index in [0.29, 0.717) is 5.92 Å². The molecule has 5 nitrogen and oxygen atoms in total. The minimum Gasteiger partial charge on any atom is -0.481 e. The summed E-state index contributed by atoms with van der Waals surface area (Å²) in [5.74, 6) is 0.914. The van der Waals surface area contributed by atoms with E-state index in [4.69, 9.17) is 5.11 Å². The summed E-state index contributed by atoms with van der Waals surface area (Å²) in [5, 5.41) is 8.93. The second-order valence-electron chi connectivity index (χ2n) is 5.64. The second-order valence-corrected chi connectivity index (χ2v) is 5.64. The fourth-order valence-corrected chi connectivity index (χ4v) is 2.88. The molecule has 1 fully saturated rings. The Balaban J connectivity index is 2.04. The lowest BCUT2D eigenvalue weighted by molar-refractivity contribution is -0.138. The molecule has 0 saturated carbocycles. The maximum absolute atomic E-state index is 10.9. The van der Waals surface area contributed by atoms with Crippen molar-refractivity contribution in [3.8, 4) is 0 Å². The molecule has 1 aliphatic rings. The van der Waals surface area contributed by atoms with Gasteiger partial charge in [0.2, 0.25) is 0 Å². The number of hydrogen-bond acceptors (Lipinski definition) is 4. The SMILES string of the molecule is CCc1cc(N2CCCC(C(C)CC(=O)O)C2)ncn1. The maximum atomic E-state index is 10.9. The predicted octanol–water partition coefficient (Wildman–Crippen LogP) is 2.37. The first-order valence-corrected chi connectivity index (χ1v) is 7.37. The van der Waals surface area contributed by atoms with E-state index in [1.165, 1.54) is 0 Å². The highest BCUT2D eigenvalue weighted by atomic mass is 16.4. The van der Waals surface area contributed by atoms with Crippen molar-refractivity contribution in [2.75, 3.05) is 18.0 Å². The second kappa shape index (κ2) is 6.68. The van der Waals surface area contributed by atoms with E-state index in [2.05, 4.69) is 21.8 Å². The first-order chi connectivity index (χ1) is 9.60. The summed E-state index contributed by atoms with van der Waals surface area (Å²) >= 11 is 0. The molecule has 20 heavy (non-hydrogen) atoms. The van der Waals surface area contributed by atoms with Gasteiger partial charge in [-0.25, -0.2) is 9.97 Å². The topological polar surface area (TPSA) is 66.3 Å². The van der Waals surface area contributed by atoms with Crippen molar-refractivity contribution >= 4 is 11.8 Å². The van der Waals surface area contributed by atoms with E-state index in [9.17, 15) is 4.79 Å². The highest BCUT2D eigenvalue weighted by molar-refractivity contribution is 5.67. The number of piperidine rings is 1. The van der Waals surface area contributed by atoms with Gasteiger partial charge in [-0.2, -0.15) is 0 Å². The monoisotopic (exact) mass is 277 g/mol. The molecular weight excluding hydrogens is 254 g/mol. The third-order valence-electron chi connectivity index (χ3n) is 4.15. The van der Waals surface area contributed by atoms with Crippen LogP contribution in [0.25, 0.3) is 0 Å². The first-order valence-electron chi connectivity index (χ1n) is 7.37. The largest absolute Gasteiger partial charge is 0.481 e. The van der Waals surface area contributed by atoms with E-state index in [1.54, 1.807) is 6.33 Å². The average molecular weight is 277 g/mol. The molecule has 0 aromatic carbocycles. The van der Waals surface area contributed by atoms with Gasteiger partial charge in [0.05, 0.1) is 0 Å². The van der Waals surface area contributed by atoms with Gasteiger partial charge in [0, 0.05) is 31.3 Å². The van der Waals surface area contributed by atoms with Crippen LogP contribution in [0.3, 0.4) is 0 Å². The summed E-state index contributed by atoms with van der Waals surface area (Å²) in [4.78, 5) is 21.7. The van der Waals surface area contributed by atoms with Crippen molar-refractivity contribution in [2.45, 2.75) is 39.5 Å². The number of carbonyl (C=O) groups is 1. The zero-order chi connectivity index (χ0) is 14.5. The predicted molar refractivity (Wildman–Crippen MR) is 77.8 cm³/mol. The van der Waals surface area contributed by atoms with Gasteiger partial charge in [-0.05, 0) is 31.1 Å². The van der Waals surface area contributed by atoms with Gasteiger partial charge in [0.25, 0.3) is 0 Å². The van der Waals surface area contributed by atoms with E-state index >= 15 is 0 Å². The zero-order valence-corrected chi connectivity index (χ0v) is 12.2. The molecule has 2 heterocycles. The van der Waals surface area contributed by atoms with E-state index in [1.807, 2.05) is 13.0 Å². The lowest BCUT2D eigenvalue weighted by Gasteiger charge is -2.36. The van der Waals surface area contributed by atoms with Gasteiger partial charge in [-0.15, -0.1) is 0 Å². The van der Waals surface area contributed by atoms with Crippen LogP contribution in [0.5, 0.6) is 0 Å². The lowest BCUT2D eigenvalue weighted by Crippen LogP contribution is -2.38.